The van der Waals surface area contributed by atoms with E-state index < -0.39 is 5.56 Å². The Balaban J connectivity index is 2.32. The van der Waals surface area contributed by atoms with Crippen molar-refractivity contribution in [1.82, 2.24) is 4.98 Å². The molecular weight excluding hydrogens is 333 g/mol. The van der Waals surface area contributed by atoms with Crippen LogP contribution in [0.15, 0.2) is 59.4 Å². The fourth-order valence-corrected chi connectivity index (χ4v) is 2.72. The highest BCUT2D eigenvalue weighted by Crippen LogP contribution is 2.34. The second-order valence-electron chi connectivity index (χ2n) is 4.95. The maximum absolute atomic E-state index is 12.0. The van der Waals surface area contributed by atoms with Crippen LogP contribution in [0.3, 0.4) is 0 Å². The first-order valence-corrected chi connectivity index (χ1v) is 7.59. The highest BCUT2D eigenvalue weighted by Gasteiger charge is 2.14. The summed E-state index contributed by atoms with van der Waals surface area (Å²) in [7, 11) is 0. The number of aromatic amines is 1. The lowest BCUT2D eigenvalue weighted by atomic mass is 9.98. The van der Waals surface area contributed by atoms with Crippen molar-refractivity contribution in [3.8, 4) is 22.4 Å². The monoisotopic (exact) mass is 343 g/mol. The molecule has 1 heterocycles. The van der Waals surface area contributed by atoms with Crippen LogP contribution < -0.4 is 5.56 Å². The van der Waals surface area contributed by atoms with Crippen LogP contribution in [0.1, 0.15) is 10.4 Å². The lowest BCUT2D eigenvalue weighted by Gasteiger charge is -2.12. The van der Waals surface area contributed by atoms with Crippen molar-refractivity contribution < 1.29 is 4.79 Å². The second kappa shape index (κ2) is 6.41. The molecule has 0 amide bonds. The molecule has 114 valence electrons. The van der Waals surface area contributed by atoms with Crippen molar-refractivity contribution >= 4 is 29.5 Å². The van der Waals surface area contributed by atoms with Gasteiger partial charge in [0.05, 0.1) is 11.3 Å². The van der Waals surface area contributed by atoms with E-state index in [1.165, 1.54) is 0 Å². The molecule has 0 spiro atoms. The lowest BCUT2D eigenvalue weighted by molar-refractivity contribution is 0.112. The van der Waals surface area contributed by atoms with Gasteiger partial charge < -0.3 is 4.98 Å². The molecule has 0 aliphatic carbocycles. The highest BCUT2D eigenvalue weighted by molar-refractivity contribution is 6.33. The molecule has 23 heavy (non-hydrogen) atoms. The van der Waals surface area contributed by atoms with E-state index in [2.05, 4.69) is 4.98 Å². The molecule has 0 unspecified atom stereocenters. The summed E-state index contributed by atoms with van der Waals surface area (Å²) in [6.07, 6.45) is 0.536. The first kappa shape index (κ1) is 15.5. The van der Waals surface area contributed by atoms with Gasteiger partial charge in [-0.25, -0.2) is 0 Å². The van der Waals surface area contributed by atoms with Crippen molar-refractivity contribution in [3.63, 3.8) is 0 Å². The molecule has 0 saturated heterocycles. The summed E-state index contributed by atoms with van der Waals surface area (Å²) in [6.45, 7) is 0. The Labute approximate surface area is 142 Å². The molecule has 3 aromatic rings. The Hall–Kier alpha value is -2.36. The number of H-pyrrole nitrogens is 1. The molecule has 2 aromatic carbocycles. The summed E-state index contributed by atoms with van der Waals surface area (Å²) in [5, 5.41) is 1.12. The largest absolute Gasteiger partial charge is 0.321 e. The number of benzene rings is 2. The number of pyridine rings is 1. The fraction of sp³-hybridized carbons (Fsp3) is 0. The first-order chi connectivity index (χ1) is 11.1. The Bertz CT molecular complexity index is 930. The van der Waals surface area contributed by atoms with Crippen LogP contribution in [-0.2, 0) is 0 Å². The van der Waals surface area contributed by atoms with Crippen molar-refractivity contribution in [1.29, 1.82) is 0 Å². The van der Waals surface area contributed by atoms with Crippen LogP contribution in [0.5, 0.6) is 0 Å². The SMILES string of the molecule is O=Cc1cc(-c2ccc(Cl)cc2)c(-c2ccccc2Cl)[nH]c1=O. The Morgan fingerprint density at radius 3 is 2.26 bits per heavy atom. The third-order valence-corrected chi connectivity index (χ3v) is 4.08. The molecule has 0 bridgehead atoms. The summed E-state index contributed by atoms with van der Waals surface area (Å²) >= 11 is 12.2. The van der Waals surface area contributed by atoms with Gasteiger partial charge in [-0.15, -0.1) is 0 Å². The Kier molecular flexibility index (Phi) is 4.33. The maximum Gasteiger partial charge on any atom is 0.259 e. The van der Waals surface area contributed by atoms with Gasteiger partial charge in [-0.1, -0.05) is 53.5 Å². The number of carbonyl (C=O) groups is 1. The Morgan fingerprint density at radius 1 is 0.913 bits per heavy atom. The van der Waals surface area contributed by atoms with E-state index in [9.17, 15) is 9.59 Å². The van der Waals surface area contributed by atoms with E-state index in [1.807, 2.05) is 30.3 Å². The van der Waals surface area contributed by atoms with Crippen molar-refractivity contribution in [2.24, 2.45) is 0 Å². The smallest absolute Gasteiger partial charge is 0.259 e. The normalized spacial score (nSPS) is 10.5. The van der Waals surface area contributed by atoms with E-state index in [0.717, 1.165) is 5.56 Å². The van der Waals surface area contributed by atoms with Crippen LogP contribution in [0.25, 0.3) is 22.4 Å². The highest BCUT2D eigenvalue weighted by atomic mass is 35.5. The number of carbonyl (C=O) groups excluding carboxylic acids is 1. The number of aromatic nitrogens is 1. The molecule has 0 atom stereocenters. The fourth-order valence-electron chi connectivity index (χ4n) is 2.37. The number of rotatable bonds is 3. The molecule has 0 saturated carbocycles. The van der Waals surface area contributed by atoms with Crippen molar-refractivity contribution in [3.05, 3.63) is 80.6 Å². The van der Waals surface area contributed by atoms with Gasteiger partial charge in [0.2, 0.25) is 0 Å². The summed E-state index contributed by atoms with van der Waals surface area (Å²) in [5.74, 6) is 0. The number of aldehydes is 1. The lowest BCUT2D eigenvalue weighted by Crippen LogP contribution is -2.13. The van der Waals surface area contributed by atoms with Crippen LogP contribution in [0, 0.1) is 0 Å². The minimum atomic E-state index is -0.451. The van der Waals surface area contributed by atoms with Crippen molar-refractivity contribution in [2.75, 3.05) is 0 Å². The molecule has 1 aromatic heterocycles. The van der Waals surface area contributed by atoms with Gasteiger partial charge in [0, 0.05) is 21.2 Å². The van der Waals surface area contributed by atoms with Gasteiger partial charge in [-0.3, -0.25) is 9.59 Å². The van der Waals surface area contributed by atoms with Gasteiger partial charge in [-0.2, -0.15) is 0 Å². The maximum atomic E-state index is 12.0. The third kappa shape index (κ3) is 3.07. The molecule has 0 fully saturated rings. The molecule has 0 radical (unpaired) electrons. The van der Waals surface area contributed by atoms with E-state index in [1.54, 1.807) is 24.3 Å². The summed E-state index contributed by atoms with van der Waals surface area (Å²) in [4.78, 5) is 25.9. The number of nitrogens with one attached hydrogen (secondary N) is 1. The Morgan fingerprint density at radius 2 is 1.61 bits per heavy atom. The molecule has 3 rings (SSSR count). The average molecular weight is 344 g/mol. The number of hydrogen-bond acceptors (Lipinski definition) is 2. The summed E-state index contributed by atoms with van der Waals surface area (Å²) in [6, 6.07) is 15.9. The molecule has 5 heteroatoms. The number of halogens is 2. The molecule has 0 aliphatic rings. The van der Waals surface area contributed by atoms with Crippen molar-refractivity contribution in [2.45, 2.75) is 0 Å². The van der Waals surface area contributed by atoms with Gasteiger partial charge in [-0.05, 0) is 29.8 Å². The van der Waals surface area contributed by atoms with Crippen LogP contribution in [-0.4, -0.2) is 11.3 Å². The molecule has 0 aliphatic heterocycles. The van der Waals surface area contributed by atoms with E-state index >= 15 is 0 Å². The minimum absolute atomic E-state index is 0.0609. The summed E-state index contributed by atoms with van der Waals surface area (Å²) in [5.41, 5.74) is 2.39. The van der Waals surface area contributed by atoms with Crippen LogP contribution in [0.2, 0.25) is 10.0 Å². The van der Waals surface area contributed by atoms with Crippen LogP contribution in [0.4, 0.5) is 0 Å². The first-order valence-electron chi connectivity index (χ1n) is 6.83. The third-order valence-electron chi connectivity index (χ3n) is 3.50. The van der Waals surface area contributed by atoms with Gasteiger partial charge in [0.15, 0.2) is 6.29 Å². The quantitative estimate of drug-likeness (QED) is 0.692. The minimum Gasteiger partial charge on any atom is -0.321 e. The van der Waals surface area contributed by atoms with E-state index in [-0.39, 0.29) is 5.56 Å². The van der Waals surface area contributed by atoms with E-state index in [0.29, 0.717) is 33.2 Å². The van der Waals surface area contributed by atoms with Crippen LogP contribution >= 0.6 is 23.2 Å². The zero-order chi connectivity index (χ0) is 16.4. The van der Waals surface area contributed by atoms with Gasteiger partial charge >= 0.3 is 0 Å². The topological polar surface area (TPSA) is 49.9 Å². The van der Waals surface area contributed by atoms with Gasteiger partial charge in [0.25, 0.3) is 5.56 Å². The second-order valence-corrected chi connectivity index (χ2v) is 5.79. The predicted molar refractivity (Wildman–Crippen MR) is 93.3 cm³/mol. The molecule has 1 N–H and O–H groups in total. The zero-order valence-electron chi connectivity index (χ0n) is 11.8. The van der Waals surface area contributed by atoms with Gasteiger partial charge in [0.1, 0.15) is 0 Å². The standard InChI is InChI=1S/C18H11Cl2NO2/c19-13-7-5-11(6-8-13)15-9-12(10-22)18(23)21-17(15)14-3-1-2-4-16(14)20/h1-10H,(H,21,23). The average Bonchev–Trinajstić information content (AvgIpc) is 2.56. The van der Waals surface area contributed by atoms with E-state index in [4.69, 9.17) is 23.2 Å². The predicted octanol–water partition coefficient (Wildman–Crippen LogP) is 4.83. The molecular formula is C18H11Cl2NO2. The summed E-state index contributed by atoms with van der Waals surface area (Å²) < 4.78 is 0. The molecule has 3 nitrogen and oxygen atoms in total. The zero-order valence-corrected chi connectivity index (χ0v) is 13.4. The number of hydrogen-bond donors (Lipinski definition) is 1.